The summed E-state index contributed by atoms with van der Waals surface area (Å²) in [6.45, 7) is 3.03. The molecule has 4 heteroatoms. The predicted molar refractivity (Wildman–Crippen MR) is 86.2 cm³/mol. The van der Waals surface area contributed by atoms with Crippen LogP contribution in [-0.4, -0.2) is 25.3 Å². The zero-order valence-corrected chi connectivity index (χ0v) is 13.6. The Bertz CT molecular complexity index is 551. The molecule has 1 saturated heterocycles. The van der Waals surface area contributed by atoms with Crippen LogP contribution in [0.5, 0.6) is 0 Å². The molecule has 0 aromatic heterocycles. The number of carbonyl (C=O) groups is 2. The van der Waals surface area contributed by atoms with Gasteiger partial charge in [-0.05, 0) is 25.7 Å². The first-order valence-corrected chi connectivity index (χ1v) is 8.52. The van der Waals surface area contributed by atoms with Crippen LogP contribution < -0.4 is 0 Å². The first kappa shape index (κ1) is 16.3. The lowest BCUT2D eigenvalue weighted by Gasteiger charge is -2.26. The van der Waals surface area contributed by atoms with Crippen LogP contribution in [-0.2, 0) is 20.1 Å². The Morgan fingerprint density at radius 1 is 1.13 bits per heavy atom. The second-order valence-corrected chi connectivity index (χ2v) is 6.64. The summed E-state index contributed by atoms with van der Waals surface area (Å²) in [4.78, 5) is 24.2. The summed E-state index contributed by atoms with van der Waals surface area (Å²) in [7, 11) is 0. The van der Waals surface area contributed by atoms with E-state index in [9.17, 15) is 9.59 Å². The number of hydrogen-bond acceptors (Lipinski definition) is 4. The Balaban J connectivity index is 1.75. The van der Waals surface area contributed by atoms with Crippen molar-refractivity contribution in [1.82, 2.24) is 0 Å². The second-order valence-electron chi connectivity index (χ2n) is 6.64. The van der Waals surface area contributed by atoms with Crippen molar-refractivity contribution < 1.29 is 19.1 Å². The highest BCUT2D eigenvalue weighted by atomic mass is 16.7. The smallest absolute Gasteiger partial charge is 0.192 e. The number of ether oxygens (including phenoxy) is 2. The van der Waals surface area contributed by atoms with Gasteiger partial charge in [0, 0.05) is 11.1 Å². The molecular formula is C19H24O4. The molecule has 0 N–H and O–H groups in total. The minimum Gasteiger partial charge on any atom is -0.344 e. The molecule has 0 bridgehead atoms. The molecule has 1 aliphatic heterocycles. The molecule has 2 aliphatic rings. The second kappa shape index (κ2) is 6.93. The quantitative estimate of drug-likeness (QED) is 0.474. The zero-order valence-electron chi connectivity index (χ0n) is 13.6. The standard InChI is InChI=1S/C19H24O4/c1-19(22-11-12-23-19)16-9-7-15(8-10-16)18(21)17(13-20)14-5-3-2-4-6-14/h7-10,13-14,17H,2-6,11-12H2,1H3. The molecule has 0 amide bonds. The third kappa shape index (κ3) is 3.38. The lowest BCUT2D eigenvalue weighted by Crippen LogP contribution is -2.27. The molecule has 0 radical (unpaired) electrons. The highest BCUT2D eigenvalue weighted by Crippen LogP contribution is 2.33. The third-order valence-corrected chi connectivity index (χ3v) is 5.14. The fraction of sp³-hybridized carbons (Fsp3) is 0.579. The fourth-order valence-corrected chi connectivity index (χ4v) is 3.69. The Hall–Kier alpha value is -1.52. The summed E-state index contributed by atoms with van der Waals surface area (Å²) >= 11 is 0. The van der Waals surface area contributed by atoms with E-state index < -0.39 is 11.7 Å². The number of ketones is 1. The van der Waals surface area contributed by atoms with Crippen LogP contribution in [0, 0.1) is 11.8 Å². The van der Waals surface area contributed by atoms with Crippen molar-refractivity contribution in [3.05, 3.63) is 35.4 Å². The molecule has 1 heterocycles. The van der Waals surface area contributed by atoms with E-state index in [2.05, 4.69) is 0 Å². The van der Waals surface area contributed by atoms with Gasteiger partial charge >= 0.3 is 0 Å². The Kier molecular flexibility index (Phi) is 4.93. The Labute approximate surface area is 137 Å². The molecule has 3 rings (SSSR count). The van der Waals surface area contributed by atoms with Crippen LogP contribution in [0.25, 0.3) is 0 Å². The van der Waals surface area contributed by atoms with Crippen molar-refractivity contribution in [2.75, 3.05) is 13.2 Å². The van der Waals surface area contributed by atoms with Crippen molar-refractivity contribution in [1.29, 1.82) is 0 Å². The molecule has 1 aromatic rings. The largest absolute Gasteiger partial charge is 0.344 e. The van der Waals surface area contributed by atoms with E-state index in [1.54, 1.807) is 12.1 Å². The van der Waals surface area contributed by atoms with Gasteiger partial charge in [0.2, 0.25) is 0 Å². The van der Waals surface area contributed by atoms with Gasteiger partial charge in [0.25, 0.3) is 0 Å². The third-order valence-electron chi connectivity index (χ3n) is 5.14. The highest BCUT2D eigenvalue weighted by Gasteiger charge is 2.34. The number of aldehydes is 1. The lowest BCUT2D eigenvalue weighted by atomic mass is 9.77. The van der Waals surface area contributed by atoms with Gasteiger partial charge in [0.15, 0.2) is 11.6 Å². The molecular weight excluding hydrogens is 292 g/mol. The van der Waals surface area contributed by atoms with Crippen molar-refractivity contribution in [3.8, 4) is 0 Å². The Morgan fingerprint density at radius 2 is 1.74 bits per heavy atom. The predicted octanol–water partition coefficient (Wildman–Crippen LogP) is 3.48. The van der Waals surface area contributed by atoms with E-state index in [-0.39, 0.29) is 11.7 Å². The summed E-state index contributed by atoms with van der Waals surface area (Å²) in [6.07, 6.45) is 6.25. The first-order valence-electron chi connectivity index (χ1n) is 8.52. The molecule has 1 aliphatic carbocycles. The topological polar surface area (TPSA) is 52.6 Å². The van der Waals surface area contributed by atoms with Crippen molar-refractivity contribution in [2.24, 2.45) is 11.8 Å². The molecule has 4 nitrogen and oxygen atoms in total. The van der Waals surface area contributed by atoms with E-state index in [1.807, 2.05) is 19.1 Å². The van der Waals surface area contributed by atoms with Crippen molar-refractivity contribution >= 4 is 12.1 Å². The average molecular weight is 316 g/mol. The van der Waals surface area contributed by atoms with E-state index >= 15 is 0 Å². The lowest BCUT2D eigenvalue weighted by molar-refractivity contribution is -0.149. The maximum Gasteiger partial charge on any atom is 0.192 e. The van der Waals surface area contributed by atoms with Crippen LogP contribution in [0.4, 0.5) is 0 Å². The zero-order chi connectivity index (χ0) is 16.3. The average Bonchev–Trinajstić information content (AvgIpc) is 3.04. The van der Waals surface area contributed by atoms with Gasteiger partial charge in [-0.15, -0.1) is 0 Å². The van der Waals surface area contributed by atoms with Crippen LogP contribution in [0.3, 0.4) is 0 Å². The van der Waals surface area contributed by atoms with Gasteiger partial charge in [-0.25, -0.2) is 0 Å². The molecule has 23 heavy (non-hydrogen) atoms. The summed E-state index contributed by atoms with van der Waals surface area (Å²) in [5.41, 5.74) is 1.49. The molecule has 0 spiro atoms. The van der Waals surface area contributed by atoms with Crippen LogP contribution in [0.2, 0.25) is 0 Å². The monoisotopic (exact) mass is 316 g/mol. The van der Waals surface area contributed by atoms with E-state index in [0.29, 0.717) is 18.8 Å². The molecule has 124 valence electrons. The van der Waals surface area contributed by atoms with Crippen LogP contribution in [0.15, 0.2) is 24.3 Å². The van der Waals surface area contributed by atoms with Gasteiger partial charge in [0.1, 0.15) is 6.29 Å². The molecule has 1 saturated carbocycles. The molecule has 1 unspecified atom stereocenters. The van der Waals surface area contributed by atoms with Gasteiger partial charge < -0.3 is 14.3 Å². The normalized spacial score (nSPS) is 22.7. The van der Waals surface area contributed by atoms with Gasteiger partial charge in [-0.2, -0.15) is 0 Å². The summed E-state index contributed by atoms with van der Waals surface area (Å²) in [5, 5.41) is 0. The van der Waals surface area contributed by atoms with Crippen LogP contribution in [0.1, 0.15) is 54.9 Å². The Morgan fingerprint density at radius 3 is 2.30 bits per heavy atom. The molecule has 2 fully saturated rings. The van der Waals surface area contributed by atoms with Gasteiger partial charge in [-0.1, -0.05) is 43.5 Å². The van der Waals surface area contributed by atoms with E-state index in [0.717, 1.165) is 37.5 Å². The van der Waals surface area contributed by atoms with Crippen LogP contribution >= 0.6 is 0 Å². The van der Waals surface area contributed by atoms with Crippen molar-refractivity contribution in [2.45, 2.75) is 44.8 Å². The van der Waals surface area contributed by atoms with Crippen molar-refractivity contribution in [3.63, 3.8) is 0 Å². The first-order chi connectivity index (χ1) is 11.1. The highest BCUT2D eigenvalue weighted by molar-refractivity contribution is 6.05. The number of carbonyl (C=O) groups excluding carboxylic acids is 2. The SMILES string of the molecule is CC1(c2ccc(C(=O)C(C=O)C3CCCCC3)cc2)OCCO1. The van der Waals surface area contributed by atoms with Gasteiger partial charge in [0.05, 0.1) is 19.1 Å². The van der Waals surface area contributed by atoms with E-state index in [4.69, 9.17) is 9.47 Å². The maximum absolute atomic E-state index is 12.7. The maximum atomic E-state index is 12.7. The minimum atomic E-state index is -0.727. The molecule has 1 aromatic carbocycles. The molecule has 1 atom stereocenters. The van der Waals surface area contributed by atoms with E-state index in [1.165, 1.54) is 6.42 Å². The number of rotatable bonds is 5. The number of Topliss-reactive ketones (excluding diaryl/α,β-unsaturated/α-hetero) is 1. The summed E-state index contributed by atoms with van der Waals surface area (Å²) < 4.78 is 11.3. The summed E-state index contributed by atoms with van der Waals surface area (Å²) in [5.74, 6) is -1.09. The number of hydrogen-bond donors (Lipinski definition) is 0. The van der Waals surface area contributed by atoms with Gasteiger partial charge in [-0.3, -0.25) is 4.79 Å². The summed E-state index contributed by atoms with van der Waals surface area (Å²) in [6, 6.07) is 7.29. The number of benzene rings is 1. The fourth-order valence-electron chi connectivity index (χ4n) is 3.69. The minimum absolute atomic E-state index is 0.0585.